The molecule has 0 radical (unpaired) electrons. The summed E-state index contributed by atoms with van der Waals surface area (Å²) in [5, 5.41) is 0. The van der Waals surface area contributed by atoms with Crippen LogP contribution in [0.4, 0.5) is 0 Å². The summed E-state index contributed by atoms with van der Waals surface area (Å²) >= 11 is 0. The summed E-state index contributed by atoms with van der Waals surface area (Å²) in [6.45, 7) is 4.13. The second kappa shape index (κ2) is 4.78. The molecule has 8 heteroatoms. The van der Waals surface area contributed by atoms with E-state index in [9.17, 15) is 9.59 Å². The summed E-state index contributed by atoms with van der Waals surface area (Å²) < 4.78 is 21.9. The van der Waals surface area contributed by atoms with Crippen LogP contribution in [-0.2, 0) is 28.5 Å². The lowest BCUT2D eigenvalue weighted by Crippen LogP contribution is -2.94. The van der Waals surface area contributed by atoms with E-state index in [2.05, 4.69) is 0 Å². The molecule has 0 bridgehead atoms. The minimum absolute atomic E-state index is 0.0682. The molecule has 26 heavy (non-hydrogen) atoms. The van der Waals surface area contributed by atoms with E-state index in [-0.39, 0.29) is 60.9 Å². The van der Waals surface area contributed by atoms with Gasteiger partial charge in [0.2, 0.25) is 11.8 Å². The van der Waals surface area contributed by atoms with Crippen LogP contribution in [0.25, 0.3) is 0 Å². The average molecular weight is 362 g/mol. The number of methoxy groups -OCH3 is 2. The molecule has 0 aromatic carbocycles. The number of hydrogen-bond acceptors (Lipinski definition) is 8. The number of aliphatic imine (C=N–C) groups is 2. The van der Waals surface area contributed by atoms with Crippen molar-refractivity contribution in [3.63, 3.8) is 0 Å². The highest BCUT2D eigenvalue weighted by molar-refractivity contribution is 6.13. The van der Waals surface area contributed by atoms with Crippen LogP contribution in [0.15, 0.2) is 9.98 Å². The number of esters is 2. The largest absolute Gasteiger partial charge is 0.483 e. The van der Waals surface area contributed by atoms with Gasteiger partial charge in [-0.3, -0.25) is 9.59 Å². The minimum atomic E-state index is -0.974. The van der Waals surface area contributed by atoms with Crippen LogP contribution in [0.3, 0.4) is 0 Å². The Bertz CT molecular complexity index is 706. The molecule has 0 aromatic heterocycles. The van der Waals surface area contributed by atoms with Gasteiger partial charge in [0.1, 0.15) is 0 Å². The SMILES string of the molecule is CCOC(=O)[C@@]12C(OC)=N[C@H]3C4C1C1C4[C@@]3(C(=O)OCC)C(OC)=N[C@@H]12. The molecule has 0 aromatic rings. The van der Waals surface area contributed by atoms with E-state index in [0.717, 1.165) is 0 Å². The highest BCUT2D eigenvalue weighted by Gasteiger charge is 2.95. The van der Waals surface area contributed by atoms with Crippen LogP contribution in [0.1, 0.15) is 13.8 Å². The van der Waals surface area contributed by atoms with Gasteiger partial charge in [-0.25, -0.2) is 9.98 Å². The van der Waals surface area contributed by atoms with Gasteiger partial charge in [-0.15, -0.1) is 0 Å². The maximum absolute atomic E-state index is 13.0. The first-order valence-corrected chi connectivity index (χ1v) is 9.15. The Hall–Kier alpha value is -2.12. The molecule has 3 saturated carbocycles. The number of hydrogen-bond donors (Lipinski definition) is 0. The Morgan fingerprint density at radius 3 is 1.54 bits per heavy atom. The van der Waals surface area contributed by atoms with Crippen LogP contribution in [0.5, 0.6) is 0 Å². The van der Waals surface area contributed by atoms with Crippen LogP contribution in [0, 0.1) is 34.5 Å². The summed E-state index contributed by atoms with van der Waals surface area (Å²) in [6.07, 6.45) is 0. The van der Waals surface area contributed by atoms with Gasteiger partial charge in [0.15, 0.2) is 10.8 Å². The molecule has 8 nitrogen and oxygen atoms in total. The first-order chi connectivity index (χ1) is 12.6. The fourth-order valence-electron chi connectivity index (χ4n) is 6.59. The molecule has 2 aliphatic heterocycles. The second-order valence-corrected chi connectivity index (χ2v) is 7.55. The summed E-state index contributed by atoms with van der Waals surface area (Å²) in [5.74, 6) is 0.437. The van der Waals surface area contributed by atoms with Crippen molar-refractivity contribution in [1.29, 1.82) is 0 Å². The first kappa shape index (κ1) is 16.1. The van der Waals surface area contributed by atoms with E-state index >= 15 is 0 Å². The lowest BCUT2D eigenvalue weighted by molar-refractivity contribution is -0.316. The van der Waals surface area contributed by atoms with E-state index in [4.69, 9.17) is 28.9 Å². The van der Waals surface area contributed by atoms with Crippen molar-refractivity contribution in [2.75, 3.05) is 27.4 Å². The van der Waals surface area contributed by atoms with E-state index in [0.29, 0.717) is 11.8 Å². The Labute approximate surface area is 150 Å². The summed E-state index contributed by atoms with van der Waals surface area (Å²) in [7, 11) is 3.02. The summed E-state index contributed by atoms with van der Waals surface area (Å²) in [5.41, 5.74) is -1.95. The van der Waals surface area contributed by atoms with E-state index < -0.39 is 10.8 Å². The molecule has 3 fully saturated rings. The summed E-state index contributed by atoms with van der Waals surface area (Å²) in [6, 6.07) is -0.712. The topological polar surface area (TPSA) is 95.8 Å². The maximum Gasteiger partial charge on any atom is 0.324 e. The smallest absolute Gasteiger partial charge is 0.324 e. The fourth-order valence-corrected chi connectivity index (χ4v) is 6.59. The second-order valence-electron chi connectivity index (χ2n) is 7.55. The number of rotatable bonds is 4. The Balaban J connectivity index is 1.69. The van der Waals surface area contributed by atoms with Crippen LogP contribution < -0.4 is 0 Å². The highest BCUT2D eigenvalue weighted by Crippen LogP contribution is 2.84. The van der Waals surface area contributed by atoms with Crippen molar-refractivity contribution in [2.24, 2.45) is 44.5 Å². The first-order valence-electron chi connectivity index (χ1n) is 9.15. The number of nitrogens with zero attached hydrogens (tertiary/aromatic N) is 2. The van der Waals surface area contributed by atoms with Crippen LogP contribution in [0.2, 0.25) is 0 Å². The molecule has 5 aliphatic rings. The molecule has 4 atom stereocenters. The number of ether oxygens (including phenoxy) is 4. The van der Waals surface area contributed by atoms with Gasteiger partial charge in [-0.05, 0) is 37.5 Å². The lowest BCUT2D eigenvalue weighted by atomic mass is 9.20. The molecule has 5 rings (SSSR count). The molecular formula is C18H22N2O6. The monoisotopic (exact) mass is 362 g/mol. The Morgan fingerprint density at radius 2 is 1.23 bits per heavy atom. The Kier molecular flexibility index (Phi) is 2.96. The standard InChI is InChI=1S/C18H22N2O6/c1-5-25-15(21)17-9-7-10-8(9)12(20-13(17)23-3)18(10,16(22)26-6-2)14(24-4)19-11(7)17/h7-12H,5-6H2,1-4H3/t7?,8?,9?,10?,11-,12-,17-,18-/m0/s1. The predicted octanol–water partition coefficient (Wildman–Crippen LogP) is 0.445. The number of fused-ring (bicyclic) bond motifs is 2. The Morgan fingerprint density at radius 1 is 0.846 bits per heavy atom. The van der Waals surface area contributed by atoms with Crippen molar-refractivity contribution < 1.29 is 28.5 Å². The van der Waals surface area contributed by atoms with Crippen molar-refractivity contribution >= 4 is 23.7 Å². The van der Waals surface area contributed by atoms with Gasteiger partial charge in [0.05, 0.1) is 39.5 Å². The van der Waals surface area contributed by atoms with Crippen LogP contribution in [-0.4, -0.2) is 63.3 Å². The molecule has 0 spiro atoms. The maximum atomic E-state index is 13.0. The molecule has 140 valence electrons. The van der Waals surface area contributed by atoms with E-state index in [1.807, 2.05) is 0 Å². The van der Waals surface area contributed by atoms with Gasteiger partial charge < -0.3 is 18.9 Å². The van der Waals surface area contributed by atoms with Crippen molar-refractivity contribution in [2.45, 2.75) is 25.9 Å². The molecule has 0 amide bonds. The molecular weight excluding hydrogens is 340 g/mol. The molecule has 3 aliphatic carbocycles. The van der Waals surface area contributed by atoms with Gasteiger partial charge >= 0.3 is 11.9 Å². The zero-order chi connectivity index (χ0) is 18.4. The van der Waals surface area contributed by atoms with E-state index in [1.165, 1.54) is 14.2 Å². The van der Waals surface area contributed by atoms with Gasteiger partial charge in [-0.1, -0.05) is 0 Å². The predicted molar refractivity (Wildman–Crippen MR) is 88.6 cm³/mol. The van der Waals surface area contributed by atoms with Crippen LogP contribution >= 0.6 is 0 Å². The fraction of sp³-hybridized carbons (Fsp3) is 0.778. The third-order valence-corrected chi connectivity index (χ3v) is 7.21. The zero-order valence-electron chi connectivity index (χ0n) is 15.2. The number of carbonyl (C=O) groups is 2. The third kappa shape index (κ3) is 1.24. The summed E-state index contributed by atoms with van der Waals surface area (Å²) in [4.78, 5) is 35.4. The van der Waals surface area contributed by atoms with Gasteiger partial charge in [0.25, 0.3) is 0 Å². The molecule has 0 N–H and O–H groups in total. The average Bonchev–Trinajstić information content (AvgIpc) is 2.57. The van der Waals surface area contributed by atoms with Gasteiger partial charge in [0, 0.05) is 0 Å². The lowest BCUT2D eigenvalue weighted by Gasteiger charge is -2.83. The normalized spacial score (nSPS) is 47.8. The van der Waals surface area contributed by atoms with Gasteiger partial charge in [-0.2, -0.15) is 0 Å². The molecule has 0 saturated heterocycles. The van der Waals surface area contributed by atoms with E-state index in [1.54, 1.807) is 13.8 Å². The van der Waals surface area contributed by atoms with Crippen molar-refractivity contribution in [3.8, 4) is 0 Å². The molecule has 2 heterocycles. The number of carbonyl (C=O) groups excluding carboxylic acids is 2. The highest BCUT2D eigenvalue weighted by atomic mass is 16.5. The third-order valence-electron chi connectivity index (χ3n) is 7.21. The molecule has 0 unspecified atom stereocenters. The zero-order valence-corrected chi connectivity index (χ0v) is 15.2. The minimum Gasteiger partial charge on any atom is -0.483 e. The quantitative estimate of drug-likeness (QED) is 0.674. The van der Waals surface area contributed by atoms with Crippen molar-refractivity contribution in [1.82, 2.24) is 0 Å². The van der Waals surface area contributed by atoms with Crippen molar-refractivity contribution in [3.05, 3.63) is 0 Å².